The first kappa shape index (κ1) is 18.2. The maximum atomic E-state index is 4.08. The van der Waals surface area contributed by atoms with E-state index < -0.39 is 24.2 Å². The summed E-state index contributed by atoms with van der Waals surface area (Å²) in [5.74, 6) is 0. The lowest BCUT2D eigenvalue weighted by Crippen LogP contribution is -2.40. The minimum Gasteiger partial charge on any atom is -0.131 e. The standard InChI is InChI=1S/C17H36Si3/c1-18(2,3)16-13-11-10-12-15(16)14-17(19(4,5)6)20(7,8)9/h16H,10-13H2,1-9H3. The fourth-order valence-corrected chi connectivity index (χ4v) is 16.2. The van der Waals surface area contributed by atoms with E-state index in [1.807, 2.05) is 0 Å². The Morgan fingerprint density at radius 2 is 1.35 bits per heavy atom. The Labute approximate surface area is 130 Å². The van der Waals surface area contributed by atoms with Gasteiger partial charge in [-0.25, -0.2) is 0 Å². The van der Waals surface area contributed by atoms with Gasteiger partial charge in [0.1, 0.15) is 0 Å². The van der Waals surface area contributed by atoms with E-state index >= 15 is 0 Å². The van der Waals surface area contributed by atoms with Gasteiger partial charge in [0.25, 0.3) is 0 Å². The van der Waals surface area contributed by atoms with Gasteiger partial charge in [0, 0.05) is 0 Å². The first-order chi connectivity index (χ1) is 8.83. The molecule has 0 radical (unpaired) electrons. The molecule has 1 atom stereocenters. The van der Waals surface area contributed by atoms with Gasteiger partial charge in [-0.3, -0.25) is 0 Å². The van der Waals surface area contributed by atoms with E-state index in [0.29, 0.717) is 0 Å². The number of hydrogen-bond donors (Lipinski definition) is 0. The molecule has 0 bridgehead atoms. The average Bonchev–Trinajstić information content (AvgIpc) is 2.22. The molecule has 0 aromatic heterocycles. The van der Waals surface area contributed by atoms with E-state index in [1.165, 1.54) is 25.7 Å². The molecule has 0 heterocycles. The molecule has 20 heavy (non-hydrogen) atoms. The molecule has 0 spiro atoms. The molecular weight excluding hydrogens is 288 g/mol. The van der Waals surface area contributed by atoms with E-state index in [-0.39, 0.29) is 0 Å². The van der Waals surface area contributed by atoms with E-state index in [0.717, 1.165) is 5.54 Å². The van der Waals surface area contributed by atoms with Gasteiger partial charge >= 0.3 is 0 Å². The largest absolute Gasteiger partial charge is 0.131 e. The zero-order valence-corrected chi connectivity index (χ0v) is 18.4. The van der Waals surface area contributed by atoms with Crippen LogP contribution in [0.15, 0.2) is 16.1 Å². The molecule has 1 aliphatic carbocycles. The van der Waals surface area contributed by atoms with Crippen LogP contribution in [0.1, 0.15) is 25.7 Å². The number of allylic oxidation sites excluding steroid dienone is 1. The van der Waals surface area contributed by atoms with Crippen LogP contribution in [0, 0.1) is 0 Å². The third-order valence-corrected chi connectivity index (χ3v) is 14.9. The normalized spacial score (nSPS) is 21.6. The predicted octanol–water partition coefficient (Wildman–Crippen LogP) is 6.48. The molecule has 0 aliphatic heterocycles. The van der Waals surface area contributed by atoms with Gasteiger partial charge in [0.05, 0.1) is 24.2 Å². The zero-order chi connectivity index (χ0) is 15.8. The summed E-state index contributed by atoms with van der Waals surface area (Å²) >= 11 is 0. The van der Waals surface area contributed by atoms with Crippen molar-refractivity contribution in [2.45, 2.75) is 90.1 Å². The van der Waals surface area contributed by atoms with E-state index in [2.05, 4.69) is 64.7 Å². The molecule has 1 unspecified atom stereocenters. The molecule has 0 aromatic rings. The van der Waals surface area contributed by atoms with Crippen LogP contribution in [-0.4, -0.2) is 24.2 Å². The second-order valence-electron chi connectivity index (χ2n) is 9.69. The SMILES string of the molecule is C[Si](C)(C)C(=C=C1CCCCC1[Si](C)(C)C)[Si](C)(C)C. The molecule has 0 N–H and O–H groups in total. The van der Waals surface area contributed by atoms with Gasteiger partial charge in [-0.2, -0.15) is 0 Å². The Morgan fingerprint density at radius 3 is 1.75 bits per heavy atom. The van der Waals surface area contributed by atoms with Crippen LogP contribution in [0.4, 0.5) is 0 Å². The van der Waals surface area contributed by atoms with Gasteiger partial charge in [-0.15, -0.1) is 5.73 Å². The molecule has 0 amide bonds. The van der Waals surface area contributed by atoms with Crippen LogP contribution < -0.4 is 0 Å². The highest BCUT2D eigenvalue weighted by atomic mass is 28.4. The summed E-state index contributed by atoms with van der Waals surface area (Å²) in [6.07, 6.45) is 5.60. The highest BCUT2D eigenvalue weighted by Crippen LogP contribution is 2.41. The predicted molar refractivity (Wildman–Crippen MR) is 103 cm³/mol. The summed E-state index contributed by atoms with van der Waals surface area (Å²) in [5.41, 5.74) is 6.69. The van der Waals surface area contributed by atoms with Crippen molar-refractivity contribution in [1.29, 1.82) is 0 Å². The van der Waals surface area contributed by atoms with Crippen LogP contribution in [0.3, 0.4) is 0 Å². The minimum atomic E-state index is -1.23. The van der Waals surface area contributed by atoms with E-state index in [4.69, 9.17) is 0 Å². The quantitative estimate of drug-likeness (QED) is 0.412. The highest BCUT2D eigenvalue weighted by Gasteiger charge is 2.34. The molecule has 3 heteroatoms. The monoisotopic (exact) mass is 324 g/mol. The van der Waals surface area contributed by atoms with Gasteiger partial charge in [-0.1, -0.05) is 70.2 Å². The second-order valence-corrected chi connectivity index (χ2v) is 25.6. The van der Waals surface area contributed by atoms with E-state index in [9.17, 15) is 0 Å². The summed E-state index contributed by atoms with van der Waals surface area (Å²) in [5, 5.41) is 0. The van der Waals surface area contributed by atoms with Gasteiger partial charge in [-0.05, 0) is 30.4 Å². The molecule has 1 saturated carbocycles. The van der Waals surface area contributed by atoms with Crippen molar-refractivity contribution in [2.75, 3.05) is 0 Å². The summed E-state index contributed by atoms with van der Waals surface area (Å²) < 4.78 is 0. The Hall–Kier alpha value is 0.171. The molecule has 1 rings (SSSR count). The second kappa shape index (κ2) is 6.12. The Kier molecular flexibility index (Phi) is 5.57. The lowest BCUT2D eigenvalue weighted by atomic mass is 9.95. The van der Waals surface area contributed by atoms with Crippen molar-refractivity contribution >= 4 is 24.2 Å². The highest BCUT2D eigenvalue weighted by molar-refractivity contribution is 7.04. The van der Waals surface area contributed by atoms with Gasteiger partial charge in [0.15, 0.2) is 0 Å². The smallest absolute Gasteiger partial charge is 0.0773 e. The maximum absolute atomic E-state index is 4.08. The summed E-state index contributed by atoms with van der Waals surface area (Å²) in [6.45, 7) is 22.7. The average molecular weight is 325 g/mol. The van der Waals surface area contributed by atoms with Crippen LogP contribution in [0.5, 0.6) is 0 Å². The van der Waals surface area contributed by atoms with Crippen LogP contribution in [-0.2, 0) is 0 Å². The molecule has 0 nitrogen and oxygen atoms in total. The molecule has 1 fully saturated rings. The van der Waals surface area contributed by atoms with Crippen molar-refractivity contribution in [3.8, 4) is 0 Å². The molecule has 1 aliphatic rings. The van der Waals surface area contributed by atoms with Crippen molar-refractivity contribution in [1.82, 2.24) is 0 Å². The Morgan fingerprint density at radius 1 is 0.850 bits per heavy atom. The van der Waals surface area contributed by atoms with Crippen LogP contribution >= 0.6 is 0 Å². The molecule has 0 saturated heterocycles. The Balaban J connectivity index is 3.42. The van der Waals surface area contributed by atoms with Crippen molar-refractivity contribution in [2.24, 2.45) is 0 Å². The first-order valence-corrected chi connectivity index (χ1v) is 18.9. The third-order valence-electron chi connectivity index (χ3n) is 4.44. The van der Waals surface area contributed by atoms with Crippen molar-refractivity contribution in [3.63, 3.8) is 0 Å². The van der Waals surface area contributed by atoms with Crippen LogP contribution in [0.2, 0.25) is 64.5 Å². The number of rotatable bonds is 3. The first-order valence-electron chi connectivity index (χ1n) is 8.34. The Bertz CT molecular complexity index is 391. The summed E-state index contributed by atoms with van der Waals surface area (Å²) in [7, 11) is -3.55. The molecular formula is C17H36Si3. The third kappa shape index (κ3) is 4.87. The summed E-state index contributed by atoms with van der Waals surface area (Å²) in [4.78, 5) is 1.78. The minimum absolute atomic E-state index is 0.888. The number of hydrogen-bond acceptors (Lipinski definition) is 0. The van der Waals surface area contributed by atoms with Gasteiger partial charge < -0.3 is 0 Å². The molecule has 116 valence electrons. The fraction of sp³-hybridized carbons (Fsp3) is 0.824. The van der Waals surface area contributed by atoms with Crippen LogP contribution in [0.25, 0.3) is 0 Å². The topological polar surface area (TPSA) is 0 Å². The van der Waals surface area contributed by atoms with Gasteiger partial charge in [0.2, 0.25) is 0 Å². The summed E-state index contributed by atoms with van der Waals surface area (Å²) in [6, 6.07) is 0. The van der Waals surface area contributed by atoms with Crippen molar-refractivity contribution in [3.05, 3.63) is 16.1 Å². The lowest BCUT2D eigenvalue weighted by molar-refractivity contribution is 0.588. The van der Waals surface area contributed by atoms with Crippen molar-refractivity contribution < 1.29 is 0 Å². The lowest BCUT2D eigenvalue weighted by Gasteiger charge is -2.35. The molecule has 0 aromatic carbocycles. The zero-order valence-electron chi connectivity index (χ0n) is 15.4. The fourth-order valence-electron chi connectivity index (χ4n) is 3.78. The maximum Gasteiger partial charge on any atom is 0.0773 e. The van der Waals surface area contributed by atoms with E-state index in [1.54, 1.807) is 10.4 Å².